The lowest BCUT2D eigenvalue weighted by atomic mass is 9.73. The maximum Gasteiger partial charge on any atom is 0.286 e. The molecule has 1 aromatic rings. The Morgan fingerprint density at radius 2 is 1.79 bits per heavy atom. The van der Waals surface area contributed by atoms with E-state index in [0.29, 0.717) is 25.0 Å². The number of sulfonamides is 1. The van der Waals surface area contributed by atoms with E-state index < -0.39 is 21.6 Å². The van der Waals surface area contributed by atoms with Crippen LogP contribution in [0.25, 0.3) is 0 Å². The third kappa shape index (κ3) is 4.06. The second kappa shape index (κ2) is 7.83. The molecule has 0 N–H and O–H groups in total. The summed E-state index contributed by atoms with van der Waals surface area (Å²) in [7, 11) is -3.70. The molecule has 4 heterocycles. The standard InChI is InChI=1S/C18H25F2N3O3S.C2H6/c1-12-15(4-5-16(21-12)17(3,19)20)27(24,25)23-10-18(11-23)8-22(9-18)13(2)14-6-26-7-14;1-2/h4-5,13-14H,6-11H2,1-3H3;1-2H3. The number of halogens is 2. The quantitative estimate of drug-likeness (QED) is 0.717. The van der Waals surface area contributed by atoms with Crippen molar-refractivity contribution >= 4 is 10.0 Å². The molecule has 164 valence electrons. The summed E-state index contributed by atoms with van der Waals surface area (Å²) < 4.78 is 59.2. The first-order valence-corrected chi connectivity index (χ1v) is 11.6. The highest BCUT2D eigenvalue weighted by molar-refractivity contribution is 7.89. The van der Waals surface area contributed by atoms with Crippen LogP contribution in [0.1, 0.15) is 39.1 Å². The number of alkyl halides is 2. The monoisotopic (exact) mass is 431 g/mol. The molecule has 29 heavy (non-hydrogen) atoms. The normalized spacial score (nSPS) is 23.4. The molecular formula is C20H31F2N3O3S. The summed E-state index contributed by atoms with van der Waals surface area (Å²) in [5.41, 5.74) is -0.268. The Kier molecular flexibility index (Phi) is 6.08. The van der Waals surface area contributed by atoms with Crippen molar-refractivity contribution in [1.82, 2.24) is 14.2 Å². The highest BCUT2D eigenvalue weighted by atomic mass is 32.2. The number of pyridine rings is 1. The molecule has 0 aromatic carbocycles. The van der Waals surface area contributed by atoms with Gasteiger partial charge in [0.05, 0.1) is 18.9 Å². The van der Waals surface area contributed by atoms with Crippen LogP contribution in [-0.2, 0) is 20.7 Å². The van der Waals surface area contributed by atoms with Gasteiger partial charge in [0.2, 0.25) is 10.0 Å². The van der Waals surface area contributed by atoms with Crippen molar-refractivity contribution in [1.29, 1.82) is 0 Å². The first kappa shape index (κ1) is 22.5. The van der Waals surface area contributed by atoms with Crippen molar-refractivity contribution in [2.75, 3.05) is 39.4 Å². The summed E-state index contributed by atoms with van der Waals surface area (Å²) in [4.78, 5) is 6.22. The summed E-state index contributed by atoms with van der Waals surface area (Å²) in [6.45, 7) is 12.8. The van der Waals surface area contributed by atoms with Gasteiger partial charge in [0.1, 0.15) is 10.6 Å². The zero-order chi connectivity index (χ0) is 21.6. The van der Waals surface area contributed by atoms with Crippen molar-refractivity contribution in [2.24, 2.45) is 11.3 Å². The maximum absolute atomic E-state index is 13.4. The minimum Gasteiger partial charge on any atom is -0.381 e. The van der Waals surface area contributed by atoms with E-state index in [-0.39, 0.29) is 16.0 Å². The Morgan fingerprint density at radius 3 is 2.24 bits per heavy atom. The number of hydrogen-bond acceptors (Lipinski definition) is 5. The first-order chi connectivity index (χ1) is 13.5. The zero-order valence-electron chi connectivity index (χ0n) is 17.8. The van der Waals surface area contributed by atoms with Gasteiger partial charge in [-0.1, -0.05) is 13.8 Å². The summed E-state index contributed by atoms with van der Waals surface area (Å²) in [5.74, 6) is -2.52. The molecule has 1 spiro atoms. The third-order valence-electron chi connectivity index (χ3n) is 6.13. The van der Waals surface area contributed by atoms with Crippen LogP contribution >= 0.6 is 0 Å². The molecule has 3 fully saturated rings. The summed E-state index contributed by atoms with van der Waals surface area (Å²) in [6, 6.07) is 2.81. The molecule has 0 amide bonds. The molecule has 9 heteroatoms. The van der Waals surface area contributed by atoms with Gasteiger partial charge < -0.3 is 4.74 Å². The van der Waals surface area contributed by atoms with E-state index >= 15 is 0 Å². The average Bonchev–Trinajstić information content (AvgIpc) is 2.51. The highest BCUT2D eigenvalue weighted by Crippen LogP contribution is 2.44. The molecule has 0 aliphatic carbocycles. The molecule has 0 radical (unpaired) electrons. The van der Waals surface area contributed by atoms with Crippen LogP contribution in [0.2, 0.25) is 0 Å². The summed E-state index contributed by atoms with van der Waals surface area (Å²) in [6.07, 6.45) is 0. The van der Waals surface area contributed by atoms with E-state index in [9.17, 15) is 17.2 Å². The molecule has 0 saturated carbocycles. The molecule has 0 bridgehead atoms. The summed E-state index contributed by atoms with van der Waals surface area (Å²) in [5, 5.41) is 0. The second-order valence-electron chi connectivity index (χ2n) is 8.38. The lowest BCUT2D eigenvalue weighted by Crippen LogP contribution is -2.74. The smallest absolute Gasteiger partial charge is 0.286 e. The third-order valence-corrected chi connectivity index (χ3v) is 8.05. The van der Waals surface area contributed by atoms with Crippen LogP contribution in [-0.4, -0.2) is 68.0 Å². The van der Waals surface area contributed by atoms with Crippen LogP contribution < -0.4 is 0 Å². The number of nitrogens with zero attached hydrogens (tertiary/aromatic N) is 3. The fourth-order valence-electron chi connectivity index (χ4n) is 4.21. The van der Waals surface area contributed by atoms with Gasteiger partial charge in [0.25, 0.3) is 5.92 Å². The molecule has 3 aliphatic rings. The van der Waals surface area contributed by atoms with Crippen molar-refractivity contribution in [3.05, 3.63) is 23.5 Å². The second-order valence-corrected chi connectivity index (χ2v) is 10.3. The molecule has 1 unspecified atom stereocenters. The first-order valence-electron chi connectivity index (χ1n) is 10.2. The number of aromatic nitrogens is 1. The number of rotatable bonds is 5. The Morgan fingerprint density at radius 1 is 1.21 bits per heavy atom. The van der Waals surface area contributed by atoms with E-state index in [1.54, 1.807) is 0 Å². The van der Waals surface area contributed by atoms with Gasteiger partial charge in [-0.05, 0) is 26.0 Å². The number of ether oxygens (including phenoxy) is 1. The van der Waals surface area contributed by atoms with E-state index in [1.165, 1.54) is 17.3 Å². The zero-order valence-corrected chi connectivity index (χ0v) is 18.6. The Bertz CT molecular complexity index is 839. The van der Waals surface area contributed by atoms with Gasteiger partial charge in [-0.25, -0.2) is 8.42 Å². The van der Waals surface area contributed by atoms with Crippen molar-refractivity contribution in [2.45, 2.75) is 51.5 Å². The van der Waals surface area contributed by atoms with E-state index in [0.717, 1.165) is 39.3 Å². The van der Waals surface area contributed by atoms with Crippen LogP contribution in [0.15, 0.2) is 17.0 Å². The highest BCUT2D eigenvalue weighted by Gasteiger charge is 2.56. The predicted octanol–water partition coefficient (Wildman–Crippen LogP) is 2.87. The topological polar surface area (TPSA) is 62.7 Å². The molecule has 3 saturated heterocycles. The van der Waals surface area contributed by atoms with Crippen LogP contribution in [0, 0.1) is 18.3 Å². The van der Waals surface area contributed by atoms with Crippen molar-refractivity contribution < 1.29 is 21.9 Å². The van der Waals surface area contributed by atoms with Crippen LogP contribution in [0.3, 0.4) is 0 Å². The lowest BCUT2D eigenvalue weighted by Gasteiger charge is -2.62. The predicted molar refractivity (Wildman–Crippen MR) is 106 cm³/mol. The minimum atomic E-state index is -3.70. The van der Waals surface area contributed by atoms with Crippen molar-refractivity contribution in [3.8, 4) is 0 Å². The maximum atomic E-state index is 13.4. The average molecular weight is 432 g/mol. The molecule has 1 aromatic heterocycles. The van der Waals surface area contributed by atoms with Gasteiger partial charge >= 0.3 is 0 Å². The molecule has 4 rings (SSSR count). The molecular weight excluding hydrogens is 400 g/mol. The lowest BCUT2D eigenvalue weighted by molar-refractivity contribution is -0.141. The van der Waals surface area contributed by atoms with E-state index in [4.69, 9.17) is 4.74 Å². The van der Waals surface area contributed by atoms with Gasteiger partial charge in [-0.2, -0.15) is 13.1 Å². The number of likely N-dealkylation sites (tertiary alicyclic amines) is 1. The molecule has 3 aliphatic heterocycles. The largest absolute Gasteiger partial charge is 0.381 e. The Labute approximate surface area is 172 Å². The van der Waals surface area contributed by atoms with Crippen LogP contribution in [0.5, 0.6) is 0 Å². The Hall–Kier alpha value is -1.16. The molecule has 1 atom stereocenters. The minimum absolute atomic E-state index is 0.0153. The van der Waals surface area contributed by atoms with Gasteiger partial charge in [0.15, 0.2) is 0 Å². The van der Waals surface area contributed by atoms with E-state index in [2.05, 4.69) is 16.8 Å². The van der Waals surface area contributed by atoms with E-state index in [1.807, 2.05) is 13.8 Å². The van der Waals surface area contributed by atoms with Gasteiger partial charge in [-0.3, -0.25) is 9.88 Å². The molecule has 6 nitrogen and oxygen atoms in total. The number of aryl methyl sites for hydroxylation is 1. The fraction of sp³-hybridized carbons (Fsp3) is 0.750. The van der Waals surface area contributed by atoms with Crippen molar-refractivity contribution in [3.63, 3.8) is 0 Å². The van der Waals surface area contributed by atoms with Crippen LogP contribution in [0.4, 0.5) is 8.78 Å². The number of hydrogen-bond donors (Lipinski definition) is 0. The van der Waals surface area contributed by atoms with Gasteiger partial charge in [0, 0.05) is 50.5 Å². The van der Waals surface area contributed by atoms with Gasteiger partial charge in [-0.15, -0.1) is 0 Å². The SMILES string of the molecule is CC.Cc1nc(C(C)(F)F)ccc1S(=O)(=O)N1CC2(CN(C(C)C3COC3)C2)C1. The Balaban J connectivity index is 0.00000117. The fourth-order valence-corrected chi connectivity index (χ4v) is 6.04. The summed E-state index contributed by atoms with van der Waals surface area (Å²) >= 11 is 0.